The molecule has 3 heteroatoms. The van der Waals surface area contributed by atoms with E-state index >= 15 is 0 Å². The minimum Gasteiger partial charge on any atom is -0.356 e. The number of nitrogens with zero attached hydrogens (tertiary/aromatic N) is 1. The van der Waals surface area contributed by atoms with Crippen molar-refractivity contribution >= 4 is 0 Å². The zero-order chi connectivity index (χ0) is 13.5. The summed E-state index contributed by atoms with van der Waals surface area (Å²) in [4.78, 5) is 0. The number of benzene rings is 1. The third-order valence-corrected chi connectivity index (χ3v) is 3.28. The summed E-state index contributed by atoms with van der Waals surface area (Å²) in [5, 5.41) is 3.31. The summed E-state index contributed by atoms with van der Waals surface area (Å²) < 4.78 is 7.79. The molecular weight excluding hydrogens is 236 g/mol. The first-order valence-corrected chi connectivity index (χ1v) is 6.78. The van der Waals surface area contributed by atoms with Crippen molar-refractivity contribution in [3.05, 3.63) is 59.9 Å². The van der Waals surface area contributed by atoms with Crippen LogP contribution in [0.3, 0.4) is 0 Å². The molecule has 3 nitrogen and oxygen atoms in total. The van der Waals surface area contributed by atoms with E-state index in [9.17, 15) is 0 Å². The highest BCUT2D eigenvalue weighted by Crippen LogP contribution is 2.16. The van der Waals surface area contributed by atoms with Crippen molar-refractivity contribution in [2.45, 2.75) is 32.7 Å². The first kappa shape index (κ1) is 13.8. The van der Waals surface area contributed by atoms with E-state index in [1.54, 1.807) is 0 Å². The third-order valence-electron chi connectivity index (χ3n) is 3.28. The summed E-state index contributed by atoms with van der Waals surface area (Å²) in [6, 6.07) is 12.8. The Morgan fingerprint density at radius 3 is 2.68 bits per heavy atom. The molecule has 1 atom stereocenters. The van der Waals surface area contributed by atoms with E-state index in [2.05, 4.69) is 47.4 Å². The van der Waals surface area contributed by atoms with Crippen LogP contribution in [0.5, 0.6) is 0 Å². The van der Waals surface area contributed by atoms with Gasteiger partial charge in [0.15, 0.2) is 0 Å². The van der Waals surface area contributed by atoms with Crippen LogP contribution < -0.4 is 5.32 Å². The molecule has 1 aromatic heterocycles. The molecule has 0 saturated heterocycles. The Kier molecular flexibility index (Phi) is 5.19. The van der Waals surface area contributed by atoms with Crippen molar-refractivity contribution in [1.82, 2.24) is 9.88 Å². The maximum atomic E-state index is 5.71. The molecule has 0 aliphatic heterocycles. The molecule has 0 amide bonds. The predicted octanol–water partition coefficient (Wildman–Crippen LogP) is 3.33. The lowest BCUT2D eigenvalue weighted by molar-refractivity contribution is 0.0641. The SMILES string of the molecule is CCC(NC)c1ccn(COCc2ccccc2)c1. The zero-order valence-corrected chi connectivity index (χ0v) is 11.7. The quantitative estimate of drug-likeness (QED) is 0.824. The standard InChI is InChI=1S/C16H22N2O/c1-3-16(17-2)15-9-10-18(11-15)13-19-12-14-7-5-4-6-8-14/h4-11,16-17H,3,12-13H2,1-2H3. The maximum Gasteiger partial charge on any atom is 0.122 e. The number of ether oxygens (including phenoxy) is 1. The van der Waals surface area contributed by atoms with Gasteiger partial charge in [0.05, 0.1) is 6.61 Å². The fraction of sp³-hybridized carbons (Fsp3) is 0.375. The van der Waals surface area contributed by atoms with Crippen LogP contribution in [0.4, 0.5) is 0 Å². The van der Waals surface area contributed by atoms with Crippen molar-refractivity contribution in [3.63, 3.8) is 0 Å². The molecular formula is C16H22N2O. The van der Waals surface area contributed by atoms with Crippen LogP contribution in [0.2, 0.25) is 0 Å². The van der Waals surface area contributed by atoms with Crippen LogP contribution in [0, 0.1) is 0 Å². The first-order valence-electron chi connectivity index (χ1n) is 6.78. The van der Waals surface area contributed by atoms with Crippen molar-refractivity contribution < 1.29 is 4.74 Å². The van der Waals surface area contributed by atoms with Crippen molar-refractivity contribution in [1.29, 1.82) is 0 Å². The second-order valence-corrected chi connectivity index (χ2v) is 4.67. The summed E-state index contributed by atoms with van der Waals surface area (Å²) >= 11 is 0. The van der Waals surface area contributed by atoms with Gasteiger partial charge in [0.1, 0.15) is 6.73 Å². The molecule has 0 aliphatic carbocycles. The van der Waals surface area contributed by atoms with Crippen molar-refractivity contribution in [2.24, 2.45) is 0 Å². The van der Waals surface area contributed by atoms with Gasteiger partial charge in [-0.1, -0.05) is 37.3 Å². The number of aromatic nitrogens is 1. The molecule has 2 aromatic rings. The summed E-state index contributed by atoms with van der Waals surface area (Å²) in [6.45, 7) is 3.43. The Bertz CT molecular complexity index is 475. The Morgan fingerprint density at radius 1 is 1.21 bits per heavy atom. The van der Waals surface area contributed by atoms with E-state index in [1.807, 2.05) is 25.2 Å². The molecule has 2 rings (SSSR count). The molecule has 0 spiro atoms. The van der Waals surface area contributed by atoms with Gasteiger partial charge in [0.25, 0.3) is 0 Å². The minimum absolute atomic E-state index is 0.426. The molecule has 102 valence electrons. The lowest BCUT2D eigenvalue weighted by atomic mass is 10.1. The summed E-state index contributed by atoms with van der Waals surface area (Å²) in [7, 11) is 2.00. The molecule has 0 radical (unpaired) electrons. The average molecular weight is 258 g/mol. The highest BCUT2D eigenvalue weighted by atomic mass is 16.5. The fourth-order valence-electron chi connectivity index (χ4n) is 2.20. The van der Waals surface area contributed by atoms with E-state index in [-0.39, 0.29) is 0 Å². The van der Waals surface area contributed by atoms with Gasteiger partial charge in [-0.3, -0.25) is 0 Å². The molecule has 0 fully saturated rings. The second-order valence-electron chi connectivity index (χ2n) is 4.67. The topological polar surface area (TPSA) is 26.2 Å². The van der Waals surface area contributed by atoms with E-state index < -0.39 is 0 Å². The average Bonchev–Trinajstić information content (AvgIpc) is 2.90. The van der Waals surface area contributed by atoms with Gasteiger partial charge < -0.3 is 14.6 Å². The fourth-order valence-corrected chi connectivity index (χ4v) is 2.20. The van der Waals surface area contributed by atoms with Crippen LogP contribution >= 0.6 is 0 Å². The van der Waals surface area contributed by atoms with Gasteiger partial charge in [-0.25, -0.2) is 0 Å². The second kappa shape index (κ2) is 7.12. The molecule has 1 unspecified atom stereocenters. The number of hydrogen-bond donors (Lipinski definition) is 1. The summed E-state index contributed by atoms with van der Waals surface area (Å²) in [5.41, 5.74) is 2.52. The first-order chi connectivity index (χ1) is 9.33. The highest BCUT2D eigenvalue weighted by Gasteiger charge is 2.07. The summed E-state index contributed by atoms with van der Waals surface area (Å²) in [5.74, 6) is 0. The summed E-state index contributed by atoms with van der Waals surface area (Å²) in [6.07, 6.45) is 5.31. The van der Waals surface area contributed by atoms with Gasteiger partial charge in [-0.15, -0.1) is 0 Å². The molecule has 1 heterocycles. The van der Waals surface area contributed by atoms with Crippen LogP contribution in [-0.4, -0.2) is 11.6 Å². The van der Waals surface area contributed by atoms with Crippen LogP contribution in [0.1, 0.15) is 30.5 Å². The Balaban J connectivity index is 1.83. The van der Waals surface area contributed by atoms with Gasteiger partial charge in [0, 0.05) is 18.4 Å². The molecule has 1 aromatic carbocycles. The van der Waals surface area contributed by atoms with Crippen LogP contribution in [0.15, 0.2) is 48.8 Å². The van der Waals surface area contributed by atoms with E-state index in [1.165, 1.54) is 11.1 Å². The number of nitrogens with one attached hydrogen (secondary N) is 1. The minimum atomic E-state index is 0.426. The van der Waals surface area contributed by atoms with Gasteiger partial charge in [-0.05, 0) is 30.7 Å². The lowest BCUT2D eigenvalue weighted by Gasteiger charge is -2.11. The maximum absolute atomic E-state index is 5.71. The molecule has 0 saturated carbocycles. The van der Waals surface area contributed by atoms with Gasteiger partial charge >= 0.3 is 0 Å². The predicted molar refractivity (Wildman–Crippen MR) is 77.8 cm³/mol. The largest absolute Gasteiger partial charge is 0.356 e. The third kappa shape index (κ3) is 3.94. The Labute approximate surface area is 115 Å². The van der Waals surface area contributed by atoms with E-state index in [0.717, 1.165) is 6.42 Å². The van der Waals surface area contributed by atoms with E-state index in [4.69, 9.17) is 4.74 Å². The molecule has 0 bridgehead atoms. The number of hydrogen-bond acceptors (Lipinski definition) is 2. The molecule has 0 aliphatic rings. The Morgan fingerprint density at radius 2 is 2.00 bits per heavy atom. The van der Waals surface area contributed by atoms with E-state index in [0.29, 0.717) is 19.4 Å². The highest BCUT2D eigenvalue weighted by molar-refractivity contribution is 5.15. The number of rotatable bonds is 7. The lowest BCUT2D eigenvalue weighted by Crippen LogP contribution is -2.14. The molecule has 1 N–H and O–H groups in total. The van der Waals surface area contributed by atoms with Crippen LogP contribution in [-0.2, 0) is 18.1 Å². The van der Waals surface area contributed by atoms with Crippen LogP contribution in [0.25, 0.3) is 0 Å². The van der Waals surface area contributed by atoms with Crippen molar-refractivity contribution in [3.8, 4) is 0 Å². The Hall–Kier alpha value is -1.58. The molecule has 19 heavy (non-hydrogen) atoms. The zero-order valence-electron chi connectivity index (χ0n) is 11.7. The smallest absolute Gasteiger partial charge is 0.122 e. The van der Waals surface area contributed by atoms with Gasteiger partial charge in [0.2, 0.25) is 0 Å². The normalized spacial score (nSPS) is 12.5. The van der Waals surface area contributed by atoms with Gasteiger partial charge in [-0.2, -0.15) is 0 Å². The monoisotopic (exact) mass is 258 g/mol. The van der Waals surface area contributed by atoms with Crippen molar-refractivity contribution in [2.75, 3.05) is 7.05 Å².